The second-order valence-corrected chi connectivity index (χ2v) is 2.92. The van der Waals surface area contributed by atoms with Crippen molar-refractivity contribution >= 4 is 18.3 Å². The lowest BCUT2D eigenvalue weighted by molar-refractivity contribution is -0.119. The maximum atomic E-state index is 10.9. The van der Waals surface area contributed by atoms with Gasteiger partial charge in [0.15, 0.2) is 0 Å². The standard InChI is InChI=1S/C9H10N2O.ClH/c10-9(12)8-7-4-2-1-3-6(7)5-11-8;/h1-4,8,11H,5H2,(H2,10,12);1H. The molecule has 0 radical (unpaired) electrons. The first-order chi connectivity index (χ1) is 5.79. The first kappa shape index (κ1) is 10.0. The Hall–Kier alpha value is -1.06. The van der Waals surface area contributed by atoms with Crippen molar-refractivity contribution in [2.24, 2.45) is 5.73 Å². The van der Waals surface area contributed by atoms with Gasteiger partial charge < -0.3 is 5.73 Å². The van der Waals surface area contributed by atoms with Crippen LogP contribution in [0.5, 0.6) is 0 Å². The predicted octanol–water partition coefficient (Wildman–Crippen LogP) is 0.738. The number of primary amides is 1. The molecule has 1 aromatic carbocycles. The van der Waals surface area contributed by atoms with E-state index in [1.54, 1.807) is 0 Å². The van der Waals surface area contributed by atoms with Crippen LogP contribution in [0.1, 0.15) is 17.2 Å². The van der Waals surface area contributed by atoms with Crippen LogP contribution in [0.4, 0.5) is 0 Å². The third-order valence-electron chi connectivity index (χ3n) is 2.15. The highest BCUT2D eigenvalue weighted by Gasteiger charge is 2.25. The molecule has 3 nitrogen and oxygen atoms in total. The number of halogens is 1. The quantitative estimate of drug-likeness (QED) is 0.700. The summed E-state index contributed by atoms with van der Waals surface area (Å²) in [7, 11) is 0. The van der Waals surface area contributed by atoms with Crippen LogP contribution in [0, 0.1) is 0 Å². The smallest absolute Gasteiger partial charge is 0.239 e. The molecule has 70 valence electrons. The summed E-state index contributed by atoms with van der Waals surface area (Å²) in [5.41, 5.74) is 7.40. The lowest BCUT2D eigenvalue weighted by Crippen LogP contribution is -2.28. The van der Waals surface area contributed by atoms with Gasteiger partial charge in [0.05, 0.1) is 0 Å². The van der Waals surface area contributed by atoms with Gasteiger partial charge in [-0.2, -0.15) is 0 Å². The van der Waals surface area contributed by atoms with Gasteiger partial charge in [0.1, 0.15) is 6.04 Å². The summed E-state index contributed by atoms with van der Waals surface area (Å²) >= 11 is 0. The van der Waals surface area contributed by atoms with Crippen molar-refractivity contribution in [3.05, 3.63) is 35.4 Å². The summed E-state index contributed by atoms with van der Waals surface area (Å²) < 4.78 is 0. The first-order valence-corrected chi connectivity index (χ1v) is 3.89. The van der Waals surface area contributed by atoms with Gasteiger partial charge in [0, 0.05) is 6.54 Å². The molecule has 0 spiro atoms. The third kappa shape index (κ3) is 1.66. The zero-order chi connectivity index (χ0) is 8.55. The number of carbonyl (C=O) groups is 1. The van der Waals surface area contributed by atoms with Crippen molar-refractivity contribution in [1.29, 1.82) is 0 Å². The van der Waals surface area contributed by atoms with Crippen molar-refractivity contribution in [3.8, 4) is 0 Å². The van der Waals surface area contributed by atoms with E-state index in [0.717, 1.165) is 12.1 Å². The molecule has 1 aliphatic heterocycles. The molecule has 0 aliphatic carbocycles. The van der Waals surface area contributed by atoms with Crippen molar-refractivity contribution in [1.82, 2.24) is 5.32 Å². The van der Waals surface area contributed by atoms with Gasteiger partial charge in [-0.25, -0.2) is 0 Å². The first-order valence-electron chi connectivity index (χ1n) is 3.89. The minimum Gasteiger partial charge on any atom is -0.368 e. The van der Waals surface area contributed by atoms with Crippen LogP contribution in [0.3, 0.4) is 0 Å². The molecule has 2 rings (SSSR count). The second-order valence-electron chi connectivity index (χ2n) is 2.92. The van der Waals surface area contributed by atoms with Crippen molar-refractivity contribution in [2.45, 2.75) is 12.6 Å². The third-order valence-corrected chi connectivity index (χ3v) is 2.15. The van der Waals surface area contributed by atoms with Crippen LogP contribution in [-0.2, 0) is 11.3 Å². The molecule has 0 saturated carbocycles. The van der Waals surface area contributed by atoms with Gasteiger partial charge in [-0.3, -0.25) is 10.1 Å². The van der Waals surface area contributed by atoms with Gasteiger partial charge >= 0.3 is 0 Å². The summed E-state index contributed by atoms with van der Waals surface area (Å²) in [5, 5.41) is 3.05. The van der Waals surface area contributed by atoms with Crippen molar-refractivity contribution in [3.63, 3.8) is 0 Å². The van der Waals surface area contributed by atoms with E-state index in [9.17, 15) is 4.79 Å². The highest BCUT2D eigenvalue weighted by Crippen LogP contribution is 2.23. The molecule has 1 atom stereocenters. The lowest BCUT2D eigenvalue weighted by Gasteiger charge is -2.05. The van der Waals surface area contributed by atoms with Crippen molar-refractivity contribution < 1.29 is 4.79 Å². The molecule has 13 heavy (non-hydrogen) atoms. The van der Waals surface area contributed by atoms with Crippen LogP contribution < -0.4 is 11.1 Å². The number of nitrogens with two attached hydrogens (primary N) is 1. The Balaban J connectivity index is 0.000000845. The highest BCUT2D eigenvalue weighted by atomic mass is 35.5. The summed E-state index contributed by atoms with van der Waals surface area (Å²) in [6.07, 6.45) is 0. The SMILES string of the molecule is Cl.NC(=O)C1NCc2ccccc21. The minimum atomic E-state index is -0.306. The normalized spacial score (nSPS) is 18.9. The molecule has 1 aromatic rings. The van der Waals surface area contributed by atoms with Crippen LogP contribution in [0.15, 0.2) is 24.3 Å². The molecule has 1 aliphatic rings. The van der Waals surface area contributed by atoms with E-state index < -0.39 is 0 Å². The average Bonchev–Trinajstić information content (AvgIpc) is 2.47. The molecule has 1 amide bonds. The maximum absolute atomic E-state index is 10.9. The molecule has 0 bridgehead atoms. The Labute approximate surface area is 82.7 Å². The van der Waals surface area contributed by atoms with E-state index in [1.807, 2.05) is 24.3 Å². The summed E-state index contributed by atoms with van der Waals surface area (Å²) in [5.74, 6) is -0.306. The Bertz CT molecular complexity index is 327. The van der Waals surface area contributed by atoms with Gasteiger partial charge in [0.2, 0.25) is 5.91 Å². The van der Waals surface area contributed by atoms with Crippen LogP contribution in [-0.4, -0.2) is 5.91 Å². The lowest BCUT2D eigenvalue weighted by atomic mass is 10.1. The molecular weight excluding hydrogens is 188 g/mol. The fourth-order valence-electron chi connectivity index (χ4n) is 1.55. The number of fused-ring (bicyclic) bond motifs is 1. The van der Waals surface area contributed by atoms with Gasteiger partial charge in [-0.05, 0) is 11.1 Å². The summed E-state index contributed by atoms with van der Waals surface area (Å²) in [6, 6.07) is 7.53. The number of hydrogen-bond donors (Lipinski definition) is 2. The second kappa shape index (κ2) is 3.77. The number of amides is 1. The summed E-state index contributed by atoms with van der Waals surface area (Å²) in [4.78, 5) is 10.9. The van der Waals surface area contributed by atoms with E-state index in [4.69, 9.17) is 5.73 Å². The van der Waals surface area contributed by atoms with Crippen molar-refractivity contribution in [2.75, 3.05) is 0 Å². The number of nitrogens with one attached hydrogen (secondary N) is 1. The van der Waals surface area contributed by atoms with E-state index in [2.05, 4.69) is 5.32 Å². The monoisotopic (exact) mass is 198 g/mol. The van der Waals surface area contributed by atoms with Crippen LogP contribution >= 0.6 is 12.4 Å². The molecular formula is C9H11ClN2O. The Morgan fingerprint density at radius 2 is 2.15 bits per heavy atom. The van der Waals surface area contributed by atoms with Gasteiger partial charge in [-0.15, -0.1) is 12.4 Å². The van der Waals surface area contributed by atoms with E-state index >= 15 is 0 Å². The Morgan fingerprint density at radius 1 is 1.46 bits per heavy atom. The van der Waals surface area contributed by atoms with Crippen LogP contribution in [0.2, 0.25) is 0 Å². The number of carbonyl (C=O) groups excluding carboxylic acids is 1. The zero-order valence-electron chi connectivity index (χ0n) is 6.99. The molecule has 3 N–H and O–H groups in total. The summed E-state index contributed by atoms with van der Waals surface area (Å²) in [6.45, 7) is 0.740. The van der Waals surface area contributed by atoms with Crippen LogP contribution in [0.25, 0.3) is 0 Å². The zero-order valence-corrected chi connectivity index (χ0v) is 7.80. The number of hydrogen-bond acceptors (Lipinski definition) is 2. The molecule has 4 heteroatoms. The minimum absolute atomic E-state index is 0. The number of benzene rings is 1. The largest absolute Gasteiger partial charge is 0.368 e. The van der Waals surface area contributed by atoms with E-state index in [-0.39, 0.29) is 24.4 Å². The molecule has 1 heterocycles. The molecule has 0 aromatic heterocycles. The average molecular weight is 199 g/mol. The molecule has 0 saturated heterocycles. The Kier molecular flexibility index (Phi) is 2.90. The van der Waals surface area contributed by atoms with Gasteiger partial charge in [0.25, 0.3) is 0 Å². The maximum Gasteiger partial charge on any atom is 0.239 e. The van der Waals surface area contributed by atoms with Gasteiger partial charge in [-0.1, -0.05) is 24.3 Å². The van der Waals surface area contributed by atoms with E-state index in [1.165, 1.54) is 5.56 Å². The predicted molar refractivity (Wildman–Crippen MR) is 52.5 cm³/mol. The topological polar surface area (TPSA) is 55.1 Å². The Morgan fingerprint density at radius 3 is 2.85 bits per heavy atom. The molecule has 1 unspecified atom stereocenters. The highest BCUT2D eigenvalue weighted by molar-refractivity contribution is 5.85. The molecule has 0 fully saturated rings. The fraction of sp³-hybridized carbons (Fsp3) is 0.222. The fourth-order valence-corrected chi connectivity index (χ4v) is 1.55. The van der Waals surface area contributed by atoms with E-state index in [0.29, 0.717) is 0 Å². The number of rotatable bonds is 1.